The van der Waals surface area contributed by atoms with Crippen LogP contribution in [-0.2, 0) is 19.6 Å². The maximum atomic E-state index is 13.1. The summed E-state index contributed by atoms with van der Waals surface area (Å²) in [6.45, 7) is 2.61. The van der Waals surface area contributed by atoms with Gasteiger partial charge in [0.15, 0.2) is 0 Å². The highest BCUT2D eigenvalue weighted by molar-refractivity contribution is 7.98. The Morgan fingerprint density at radius 2 is 2.12 bits per heavy atom. The Labute approximate surface area is 158 Å². The molecule has 1 fully saturated rings. The normalized spacial score (nSPS) is 19.3. The van der Waals surface area contributed by atoms with Crippen molar-refractivity contribution in [2.24, 2.45) is 0 Å². The molecule has 2 unspecified atom stereocenters. The molecule has 0 aromatic heterocycles. The lowest BCUT2D eigenvalue weighted by atomic mass is 10.1. The average molecular weight is 405 g/mol. The molecule has 1 aromatic rings. The third-order valence-corrected chi connectivity index (χ3v) is 6.28. The number of thioether (sulfide) groups is 1. The number of sulfonamides is 1. The summed E-state index contributed by atoms with van der Waals surface area (Å²) in [5, 5.41) is 0. The van der Waals surface area contributed by atoms with Crippen LogP contribution in [0.5, 0.6) is 0 Å². The zero-order valence-electron chi connectivity index (χ0n) is 15.0. The summed E-state index contributed by atoms with van der Waals surface area (Å²) >= 11 is 1.56. The van der Waals surface area contributed by atoms with Gasteiger partial charge in [-0.15, -0.1) is 0 Å². The van der Waals surface area contributed by atoms with Gasteiger partial charge >= 0.3 is 0 Å². The third kappa shape index (κ3) is 5.94. The fraction of sp³-hybridized carbons (Fsp3) is 0.588. The van der Waals surface area contributed by atoms with Crippen molar-refractivity contribution in [1.82, 2.24) is 9.62 Å². The van der Waals surface area contributed by atoms with Crippen molar-refractivity contribution in [3.05, 3.63) is 35.6 Å². The fourth-order valence-electron chi connectivity index (χ4n) is 2.72. The molecule has 0 bridgehead atoms. The first-order valence-corrected chi connectivity index (χ1v) is 11.6. The first-order chi connectivity index (χ1) is 12.4. The molecular formula is C17H25FN2O4S2. The van der Waals surface area contributed by atoms with Gasteiger partial charge in [0.2, 0.25) is 15.9 Å². The van der Waals surface area contributed by atoms with Crippen LogP contribution in [-0.4, -0.2) is 62.7 Å². The molecule has 26 heavy (non-hydrogen) atoms. The molecule has 1 aliphatic heterocycles. The summed E-state index contributed by atoms with van der Waals surface area (Å²) < 4.78 is 45.2. The molecule has 146 valence electrons. The second-order valence-electron chi connectivity index (χ2n) is 6.05. The first kappa shape index (κ1) is 21.1. The van der Waals surface area contributed by atoms with E-state index in [1.165, 1.54) is 19.1 Å². The van der Waals surface area contributed by atoms with Crippen LogP contribution < -0.4 is 4.72 Å². The molecule has 0 radical (unpaired) electrons. The summed E-state index contributed by atoms with van der Waals surface area (Å²) in [5.41, 5.74) is 0.790. The number of carbonyl (C=O) groups excluding carboxylic acids is 1. The van der Waals surface area contributed by atoms with E-state index in [1.807, 2.05) is 6.26 Å². The minimum atomic E-state index is -3.48. The molecule has 0 saturated carbocycles. The van der Waals surface area contributed by atoms with E-state index < -0.39 is 16.1 Å². The van der Waals surface area contributed by atoms with Gasteiger partial charge in [0.05, 0.1) is 18.9 Å². The van der Waals surface area contributed by atoms with Crippen molar-refractivity contribution >= 4 is 27.7 Å². The molecule has 1 heterocycles. The molecule has 1 aliphatic rings. The maximum absolute atomic E-state index is 13.1. The van der Waals surface area contributed by atoms with Crippen molar-refractivity contribution in [2.75, 3.05) is 37.5 Å². The molecule has 1 N–H and O–H groups in total. The van der Waals surface area contributed by atoms with E-state index in [-0.39, 0.29) is 23.6 Å². The van der Waals surface area contributed by atoms with Gasteiger partial charge in [-0.1, -0.05) is 12.1 Å². The lowest BCUT2D eigenvalue weighted by Gasteiger charge is -2.35. The number of nitrogens with zero attached hydrogens (tertiary/aromatic N) is 1. The van der Waals surface area contributed by atoms with Crippen LogP contribution >= 0.6 is 11.8 Å². The van der Waals surface area contributed by atoms with E-state index in [9.17, 15) is 17.6 Å². The van der Waals surface area contributed by atoms with Crippen LogP contribution in [0.15, 0.2) is 24.3 Å². The minimum absolute atomic E-state index is 0.0721. The summed E-state index contributed by atoms with van der Waals surface area (Å²) in [6.07, 6.45) is 1.99. The fourth-order valence-corrected chi connectivity index (χ4v) is 4.01. The zero-order valence-corrected chi connectivity index (χ0v) is 16.6. The molecule has 0 spiro atoms. The van der Waals surface area contributed by atoms with Crippen molar-refractivity contribution in [1.29, 1.82) is 0 Å². The number of carbonyl (C=O) groups is 1. The topological polar surface area (TPSA) is 75.7 Å². The number of halogens is 1. The van der Waals surface area contributed by atoms with E-state index in [4.69, 9.17) is 4.74 Å². The Bertz CT molecular complexity index is 697. The van der Waals surface area contributed by atoms with Gasteiger partial charge in [-0.2, -0.15) is 11.8 Å². The second-order valence-corrected chi connectivity index (χ2v) is 9.08. The third-order valence-electron chi connectivity index (χ3n) is 4.23. The SMILES string of the molecule is CCS(=O)(=O)NC(CCSC)C(=O)N1CCOC(c2ccc(F)cc2)C1. The highest BCUT2D eigenvalue weighted by Gasteiger charge is 2.31. The van der Waals surface area contributed by atoms with Crippen LogP contribution in [0.3, 0.4) is 0 Å². The molecular weight excluding hydrogens is 379 g/mol. The van der Waals surface area contributed by atoms with E-state index in [1.54, 1.807) is 28.8 Å². The monoisotopic (exact) mass is 404 g/mol. The van der Waals surface area contributed by atoms with E-state index in [0.717, 1.165) is 5.56 Å². The van der Waals surface area contributed by atoms with E-state index in [2.05, 4.69) is 4.72 Å². The Hall–Kier alpha value is -1.16. The molecule has 1 aromatic carbocycles. The van der Waals surface area contributed by atoms with Gasteiger partial charge in [-0.3, -0.25) is 4.79 Å². The minimum Gasteiger partial charge on any atom is -0.370 e. The number of nitrogens with one attached hydrogen (secondary N) is 1. The second kappa shape index (κ2) is 9.68. The summed E-state index contributed by atoms with van der Waals surface area (Å²) in [4.78, 5) is 14.5. The van der Waals surface area contributed by atoms with E-state index >= 15 is 0 Å². The Balaban J connectivity index is 2.09. The molecule has 1 saturated heterocycles. The Morgan fingerprint density at radius 1 is 1.42 bits per heavy atom. The number of rotatable bonds is 8. The zero-order chi connectivity index (χ0) is 19.2. The predicted molar refractivity (Wildman–Crippen MR) is 101 cm³/mol. The lowest BCUT2D eigenvalue weighted by molar-refractivity contribution is -0.140. The highest BCUT2D eigenvalue weighted by atomic mass is 32.2. The summed E-state index contributed by atoms with van der Waals surface area (Å²) in [5.74, 6) is 0.0289. The highest BCUT2D eigenvalue weighted by Crippen LogP contribution is 2.23. The largest absolute Gasteiger partial charge is 0.370 e. The number of hydrogen-bond donors (Lipinski definition) is 1. The van der Waals surface area contributed by atoms with Crippen LogP contribution in [0, 0.1) is 5.82 Å². The summed E-state index contributed by atoms with van der Waals surface area (Å²) in [7, 11) is -3.48. The van der Waals surface area contributed by atoms with Gasteiger partial charge in [-0.05, 0) is 43.0 Å². The number of benzene rings is 1. The van der Waals surface area contributed by atoms with Crippen LogP contribution in [0.1, 0.15) is 25.0 Å². The molecule has 2 rings (SSSR count). The maximum Gasteiger partial charge on any atom is 0.240 e. The van der Waals surface area contributed by atoms with Crippen molar-refractivity contribution < 1.29 is 22.3 Å². The van der Waals surface area contributed by atoms with Crippen LogP contribution in [0.25, 0.3) is 0 Å². The number of ether oxygens (including phenoxy) is 1. The van der Waals surface area contributed by atoms with Crippen LogP contribution in [0.4, 0.5) is 4.39 Å². The van der Waals surface area contributed by atoms with Crippen molar-refractivity contribution in [2.45, 2.75) is 25.5 Å². The first-order valence-electron chi connectivity index (χ1n) is 8.51. The van der Waals surface area contributed by atoms with Gasteiger partial charge in [0, 0.05) is 6.54 Å². The lowest BCUT2D eigenvalue weighted by Crippen LogP contribution is -2.52. The predicted octanol–water partition coefficient (Wildman–Crippen LogP) is 1.79. The summed E-state index contributed by atoms with van der Waals surface area (Å²) in [6, 6.07) is 5.21. The Kier molecular flexibility index (Phi) is 7.87. The number of hydrogen-bond acceptors (Lipinski definition) is 5. The smallest absolute Gasteiger partial charge is 0.240 e. The van der Waals surface area contributed by atoms with E-state index in [0.29, 0.717) is 31.9 Å². The number of amides is 1. The van der Waals surface area contributed by atoms with Gasteiger partial charge in [-0.25, -0.2) is 17.5 Å². The standard InChI is InChI=1S/C17H25FN2O4S2/c1-3-26(22,23)19-15(8-11-25-2)17(21)20-9-10-24-16(12-20)13-4-6-14(18)7-5-13/h4-7,15-16,19H,3,8-12H2,1-2H3. The molecule has 1 amide bonds. The molecule has 6 nitrogen and oxygen atoms in total. The molecule has 0 aliphatic carbocycles. The Morgan fingerprint density at radius 3 is 2.73 bits per heavy atom. The van der Waals surface area contributed by atoms with Crippen molar-refractivity contribution in [3.8, 4) is 0 Å². The van der Waals surface area contributed by atoms with Gasteiger partial charge < -0.3 is 9.64 Å². The average Bonchev–Trinajstić information content (AvgIpc) is 2.65. The quantitative estimate of drug-likeness (QED) is 0.715. The number of morpholine rings is 1. The molecule has 2 atom stereocenters. The molecule has 9 heteroatoms. The van der Waals surface area contributed by atoms with Crippen LogP contribution in [0.2, 0.25) is 0 Å². The van der Waals surface area contributed by atoms with Crippen molar-refractivity contribution in [3.63, 3.8) is 0 Å². The van der Waals surface area contributed by atoms with Gasteiger partial charge in [0.25, 0.3) is 0 Å². The van der Waals surface area contributed by atoms with Gasteiger partial charge in [0.1, 0.15) is 18.0 Å².